The minimum absolute atomic E-state index is 0.0604. The van der Waals surface area contributed by atoms with E-state index in [0.717, 1.165) is 25.0 Å². The number of amides is 1. The van der Waals surface area contributed by atoms with Crippen molar-refractivity contribution in [1.82, 2.24) is 4.90 Å². The molecule has 0 bridgehead atoms. The number of hydrogen-bond acceptors (Lipinski definition) is 2. The van der Waals surface area contributed by atoms with E-state index < -0.39 is 17.6 Å². The lowest BCUT2D eigenvalue weighted by atomic mass is 10.1. The lowest BCUT2D eigenvalue weighted by molar-refractivity contribution is -0.137. The van der Waals surface area contributed by atoms with E-state index in [-0.39, 0.29) is 5.56 Å². The van der Waals surface area contributed by atoms with E-state index in [1.807, 2.05) is 13.8 Å². The van der Waals surface area contributed by atoms with Gasteiger partial charge in [-0.3, -0.25) is 4.79 Å². The van der Waals surface area contributed by atoms with Crippen LogP contribution in [0.4, 0.5) is 18.9 Å². The van der Waals surface area contributed by atoms with Crippen molar-refractivity contribution in [3.8, 4) is 0 Å². The molecule has 1 rings (SSSR count). The minimum Gasteiger partial charge on any atom is -0.385 e. The molecule has 0 aliphatic carbocycles. The van der Waals surface area contributed by atoms with Gasteiger partial charge in [0.05, 0.1) is 11.1 Å². The van der Waals surface area contributed by atoms with Crippen LogP contribution in [-0.4, -0.2) is 30.9 Å². The second-order valence-electron chi connectivity index (χ2n) is 4.87. The van der Waals surface area contributed by atoms with Gasteiger partial charge in [0.25, 0.3) is 5.91 Å². The molecule has 0 fully saturated rings. The van der Waals surface area contributed by atoms with Crippen LogP contribution in [0.5, 0.6) is 0 Å². The number of carbonyl (C=O) groups excluding carboxylic acids is 1. The molecule has 1 N–H and O–H groups in total. The number of benzene rings is 1. The molecular formula is C15H21F3N2O. The molecule has 1 aromatic carbocycles. The van der Waals surface area contributed by atoms with Gasteiger partial charge in [-0.25, -0.2) is 0 Å². The summed E-state index contributed by atoms with van der Waals surface area (Å²) in [5.41, 5.74) is -0.319. The van der Waals surface area contributed by atoms with Crippen molar-refractivity contribution in [2.45, 2.75) is 32.9 Å². The molecule has 0 heterocycles. The SMILES string of the molecule is CCCCN(C)C(=O)c1cc(C(F)(F)F)ccc1NCC. The van der Waals surface area contributed by atoms with Gasteiger partial charge in [-0.2, -0.15) is 13.2 Å². The zero-order chi connectivity index (χ0) is 16.0. The summed E-state index contributed by atoms with van der Waals surface area (Å²) >= 11 is 0. The first-order valence-corrected chi connectivity index (χ1v) is 7.01. The monoisotopic (exact) mass is 302 g/mol. The highest BCUT2D eigenvalue weighted by Crippen LogP contribution is 2.32. The first kappa shape index (κ1) is 17.3. The van der Waals surface area contributed by atoms with E-state index in [1.54, 1.807) is 7.05 Å². The highest BCUT2D eigenvalue weighted by Gasteiger charge is 2.32. The van der Waals surface area contributed by atoms with Gasteiger partial charge in [-0.05, 0) is 31.5 Å². The van der Waals surface area contributed by atoms with Crippen LogP contribution in [0.1, 0.15) is 42.6 Å². The van der Waals surface area contributed by atoms with E-state index in [4.69, 9.17) is 0 Å². The highest BCUT2D eigenvalue weighted by molar-refractivity contribution is 5.99. The largest absolute Gasteiger partial charge is 0.416 e. The van der Waals surface area contributed by atoms with E-state index in [1.165, 1.54) is 11.0 Å². The summed E-state index contributed by atoms with van der Waals surface area (Å²) in [5.74, 6) is -0.398. The molecule has 21 heavy (non-hydrogen) atoms. The zero-order valence-electron chi connectivity index (χ0n) is 12.5. The second-order valence-corrected chi connectivity index (χ2v) is 4.87. The van der Waals surface area contributed by atoms with Crippen LogP contribution in [0.2, 0.25) is 0 Å². The van der Waals surface area contributed by atoms with Crippen LogP contribution in [0.15, 0.2) is 18.2 Å². The lowest BCUT2D eigenvalue weighted by Gasteiger charge is -2.20. The van der Waals surface area contributed by atoms with E-state index in [0.29, 0.717) is 18.8 Å². The first-order valence-electron chi connectivity index (χ1n) is 7.01. The van der Waals surface area contributed by atoms with Gasteiger partial charge >= 0.3 is 6.18 Å². The Morgan fingerprint density at radius 3 is 2.48 bits per heavy atom. The molecule has 0 saturated heterocycles. The average molecular weight is 302 g/mol. The van der Waals surface area contributed by atoms with Gasteiger partial charge in [0.15, 0.2) is 0 Å². The summed E-state index contributed by atoms with van der Waals surface area (Å²) in [7, 11) is 1.61. The van der Waals surface area contributed by atoms with Gasteiger partial charge in [0, 0.05) is 25.8 Å². The number of unbranched alkanes of at least 4 members (excludes halogenated alkanes) is 1. The van der Waals surface area contributed by atoms with Gasteiger partial charge in [0.2, 0.25) is 0 Å². The van der Waals surface area contributed by atoms with Gasteiger partial charge < -0.3 is 10.2 Å². The van der Waals surface area contributed by atoms with Crippen LogP contribution in [0, 0.1) is 0 Å². The Morgan fingerprint density at radius 1 is 1.29 bits per heavy atom. The Balaban J connectivity index is 3.13. The molecule has 6 heteroatoms. The Labute approximate surface area is 123 Å². The number of carbonyl (C=O) groups is 1. The third-order valence-electron chi connectivity index (χ3n) is 3.14. The molecule has 0 spiro atoms. The molecule has 0 aliphatic heterocycles. The Kier molecular flexibility index (Phi) is 6.05. The number of alkyl halides is 3. The van der Waals surface area contributed by atoms with E-state index >= 15 is 0 Å². The van der Waals surface area contributed by atoms with Gasteiger partial charge in [0.1, 0.15) is 0 Å². The fourth-order valence-electron chi connectivity index (χ4n) is 1.94. The number of halogens is 3. The summed E-state index contributed by atoms with van der Waals surface area (Å²) < 4.78 is 38.4. The van der Waals surface area contributed by atoms with Gasteiger partial charge in [-0.1, -0.05) is 13.3 Å². The summed E-state index contributed by atoms with van der Waals surface area (Å²) in [4.78, 5) is 13.8. The third kappa shape index (κ3) is 4.65. The molecule has 0 radical (unpaired) electrons. The Hall–Kier alpha value is -1.72. The number of rotatable bonds is 6. The number of anilines is 1. The minimum atomic E-state index is -4.46. The quantitative estimate of drug-likeness (QED) is 0.861. The van der Waals surface area contributed by atoms with Crippen LogP contribution in [0.25, 0.3) is 0 Å². The molecule has 0 saturated carbocycles. The van der Waals surface area contributed by atoms with Crippen molar-refractivity contribution in [2.24, 2.45) is 0 Å². The lowest BCUT2D eigenvalue weighted by Crippen LogP contribution is -2.28. The van der Waals surface area contributed by atoms with Crippen molar-refractivity contribution in [3.05, 3.63) is 29.3 Å². The summed E-state index contributed by atoms with van der Waals surface area (Å²) in [6, 6.07) is 3.22. The van der Waals surface area contributed by atoms with Crippen molar-refractivity contribution in [2.75, 3.05) is 25.5 Å². The van der Waals surface area contributed by atoms with Crippen LogP contribution in [-0.2, 0) is 6.18 Å². The molecule has 1 amide bonds. The predicted octanol–water partition coefficient (Wildman–Crippen LogP) is 4.01. The summed E-state index contributed by atoms with van der Waals surface area (Å²) in [6.07, 6.45) is -2.72. The smallest absolute Gasteiger partial charge is 0.385 e. The maximum atomic E-state index is 12.8. The topological polar surface area (TPSA) is 32.3 Å². The molecule has 0 aliphatic rings. The molecule has 0 aromatic heterocycles. The fraction of sp³-hybridized carbons (Fsp3) is 0.533. The molecular weight excluding hydrogens is 281 g/mol. The zero-order valence-corrected chi connectivity index (χ0v) is 12.5. The van der Waals surface area contributed by atoms with Crippen molar-refractivity contribution in [1.29, 1.82) is 0 Å². The van der Waals surface area contributed by atoms with Crippen molar-refractivity contribution < 1.29 is 18.0 Å². The maximum Gasteiger partial charge on any atom is 0.416 e. The average Bonchev–Trinajstić information content (AvgIpc) is 2.43. The number of hydrogen-bond donors (Lipinski definition) is 1. The number of nitrogens with one attached hydrogen (secondary N) is 1. The van der Waals surface area contributed by atoms with Crippen molar-refractivity contribution in [3.63, 3.8) is 0 Å². The maximum absolute atomic E-state index is 12.8. The summed E-state index contributed by atoms with van der Waals surface area (Å²) in [6.45, 7) is 4.88. The third-order valence-corrected chi connectivity index (χ3v) is 3.14. The Bertz CT molecular complexity index is 486. The molecule has 0 unspecified atom stereocenters. The first-order chi connectivity index (χ1) is 9.81. The van der Waals surface area contributed by atoms with E-state index in [9.17, 15) is 18.0 Å². The van der Waals surface area contributed by atoms with E-state index in [2.05, 4.69) is 5.32 Å². The molecule has 3 nitrogen and oxygen atoms in total. The van der Waals surface area contributed by atoms with Crippen molar-refractivity contribution >= 4 is 11.6 Å². The highest BCUT2D eigenvalue weighted by atomic mass is 19.4. The fourth-order valence-corrected chi connectivity index (χ4v) is 1.94. The van der Waals surface area contributed by atoms with Gasteiger partial charge in [-0.15, -0.1) is 0 Å². The molecule has 1 aromatic rings. The summed E-state index contributed by atoms with van der Waals surface area (Å²) in [5, 5.41) is 2.93. The molecule has 0 atom stereocenters. The molecule has 118 valence electrons. The van der Waals surface area contributed by atoms with Crippen LogP contribution in [0.3, 0.4) is 0 Å². The van der Waals surface area contributed by atoms with Crippen LogP contribution < -0.4 is 5.32 Å². The normalized spacial score (nSPS) is 11.3. The Morgan fingerprint density at radius 2 is 1.95 bits per heavy atom. The predicted molar refractivity (Wildman–Crippen MR) is 77.5 cm³/mol. The van der Waals surface area contributed by atoms with Crippen LogP contribution >= 0.6 is 0 Å². The number of nitrogens with zero attached hydrogens (tertiary/aromatic N) is 1. The second kappa shape index (κ2) is 7.33. The standard InChI is InChI=1S/C15H21F3N2O/c1-4-6-9-20(3)14(21)12-10-11(15(16,17)18)7-8-13(12)19-5-2/h7-8,10,19H,4-6,9H2,1-3H3.